The lowest BCUT2D eigenvalue weighted by Gasteiger charge is -2.27. The number of piperidine rings is 1. The first kappa shape index (κ1) is 24.1. The van der Waals surface area contributed by atoms with Crippen LogP contribution in [0.5, 0.6) is 5.75 Å². The molecule has 174 valence electrons. The summed E-state index contributed by atoms with van der Waals surface area (Å²) in [5.41, 5.74) is 2.89. The third-order valence-corrected chi connectivity index (χ3v) is 7.00. The van der Waals surface area contributed by atoms with E-state index < -0.39 is 16.1 Å². The molecule has 1 heterocycles. The highest BCUT2D eigenvalue weighted by Crippen LogP contribution is 2.21. The van der Waals surface area contributed by atoms with E-state index in [1.807, 2.05) is 12.1 Å². The normalized spacial score (nSPS) is 15.7. The molecule has 1 amide bonds. The maximum Gasteiger partial charge on any atom is 0.261 e. The number of hydrogen-bond donors (Lipinski definition) is 1. The number of likely N-dealkylation sites (tertiary alicyclic amines) is 1. The highest BCUT2D eigenvalue weighted by Gasteiger charge is 2.17. The van der Waals surface area contributed by atoms with E-state index in [1.165, 1.54) is 36.2 Å². The maximum atomic E-state index is 12.6. The summed E-state index contributed by atoms with van der Waals surface area (Å²) < 4.78 is 30.2. The van der Waals surface area contributed by atoms with Gasteiger partial charge in [0.05, 0.1) is 11.9 Å². The molecule has 8 heteroatoms. The van der Waals surface area contributed by atoms with Crippen molar-refractivity contribution in [3.63, 3.8) is 0 Å². The molecule has 1 atom stereocenters. The van der Waals surface area contributed by atoms with E-state index >= 15 is 0 Å². The second-order valence-corrected chi connectivity index (χ2v) is 10.3. The van der Waals surface area contributed by atoms with Crippen LogP contribution in [-0.4, -0.2) is 51.7 Å². The number of nitrogens with one attached hydrogen (secondary N) is 1. The molecule has 1 aliphatic heterocycles. The highest BCUT2D eigenvalue weighted by atomic mass is 32.2. The summed E-state index contributed by atoms with van der Waals surface area (Å²) >= 11 is 0. The van der Waals surface area contributed by atoms with Crippen LogP contribution >= 0.6 is 0 Å². The minimum atomic E-state index is -3.33. The summed E-state index contributed by atoms with van der Waals surface area (Å²) in [5, 5.41) is 2.98. The molecule has 0 aromatic heterocycles. The summed E-state index contributed by atoms with van der Waals surface area (Å²) in [7, 11) is -1.84. The zero-order valence-corrected chi connectivity index (χ0v) is 19.9. The number of ether oxygens (including phenoxy) is 1. The van der Waals surface area contributed by atoms with Crippen molar-refractivity contribution in [3.8, 4) is 5.75 Å². The fourth-order valence-electron chi connectivity index (χ4n) is 3.75. The number of sulfonamides is 1. The monoisotopic (exact) mass is 459 g/mol. The second-order valence-electron chi connectivity index (χ2n) is 8.31. The molecule has 1 fully saturated rings. The van der Waals surface area contributed by atoms with Crippen LogP contribution in [-0.2, 0) is 27.9 Å². The summed E-state index contributed by atoms with van der Waals surface area (Å²) in [6.45, 7) is 5.32. The van der Waals surface area contributed by atoms with Crippen molar-refractivity contribution in [1.82, 2.24) is 10.2 Å². The number of rotatable bonds is 9. The Morgan fingerprint density at radius 2 is 1.69 bits per heavy atom. The van der Waals surface area contributed by atoms with E-state index in [2.05, 4.69) is 22.3 Å². The van der Waals surface area contributed by atoms with Gasteiger partial charge in [-0.25, -0.2) is 8.42 Å². The average Bonchev–Trinajstić information content (AvgIpc) is 2.78. The van der Waals surface area contributed by atoms with Gasteiger partial charge in [-0.05, 0) is 68.2 Å². The Bertz CT molecular complexity index is 1000. The average molecular weight is 460 g/mol. The van der Waals surface area contributed by atoms with Crippen LogP contribution in [0.1, 0.15) is 37.3 Å². The predicted octanol–water partition coefficient (Wildman–Crippen LogP) is 3.15. The SMILES string of the molecule is C[C@@H](Oc1ccc(N(C)S(C)(=O)=O)cc1)C(=O)NCc1ccccc1CN1CCCCC1. The van der Waals surface area contributed by atoms with Gasteiger partial charge in [0.25, 0.3) is 5.91 Å². The van der Waals surface area contributed by atoms with Gasteiger partial charge in [-0.2, -0.15) is 0 Å². The number of carbonyl (C=O) groups excluding carboxylic acids is 1. The van der Waals surface area contributed by atoms with Crippen molar-refractivity contribution in [1.29, 1.82) is 0 Å². The van der Waals surface area contributed by atoms with E-state index in [9.17, 15) is 13.2 Å². The third kappa shape index (κ3) is 6.71. The lowest BCUT2D eigenvalue weighted by molar-refractivity contribution is -0.127. The lowest BCUT2D eigenvalue weighted by atomic mass is 10.0. The van der Waals surface area contributed by atoms with Gasteiger partial charge in [0.2, 0.25) is 10.0 Å². The van der Waals surface area contributed by atoms with Gasteiger partial charge in [-0.1, -0.05) is 30.7 Å². The molecule has 0 saturated carbocycles. The Morgan fingerprint density at radius 3 is 2.31 bits per heavy atom. The van der Waals surface area contributed by atoms with Crippen molar-refractivity contribution >= 4 is 21.6 Å². The fraction of sp³-hybridized carbons (Fsp3) is 0.458. The van der Waals surface area contributed by atoms with Gasteiger partial charge < -0.3 is 10.1 Å². The van der Waals surface area contributed by atoms with Crippen LogP contribution in [0.25, 0.3) is 0 Å². The molecule has 7 nitrogen and oxygen atoms in total. The van der Waals surface area contributed by atoms with E-state index in [-0.39, 0.29) is 5.91 Å². The molecule has 0 unspecified atom stereocenters. The maximum absolute atomic E-state index is 12.6. The first-order chi connectivity index (χ1) is 15.2. The summed E-state index contributed by atoms with van der Waals surface area (Å²) in [5.74, 6) is 0.305. The summed E-state index contributed by atoms with van der Waals surface area (Å²) in [4.78, 5) is 15.1. The van der Waals surface area contributed by atoms with Crippen molar-refractivity contribution < 1.29 is 17.9 Å². The Kier molecular flexibility index (Phi) is 8.15. The van der Waals surface area contributed by atoms with Crippen molar-refractivity contribution in [2.75, 3.05) is 30.7 Å². The number of carbonyl (C=O) groups is 1. The van der Waals surface area contributed by atoms with Crippen LogP contribution in [0.15, 0.2) is 48.5 Å². The smallest absolute Gasteiger partial charge is 0.261 e. The standard InChI is InChI=1S/C24H33N3O4S/c1-19(31-23-13-11-22(12-14-23)26(2)32(3,29)30)24(28)25-17-20-9-5-6-10-21(20)18-27-15-7-4-8-16-27/h5-6,9-14,19H,4,7-8,15-18H2,1-3H3,(H,25,28)/t19-/m1/s1. The molecule has 3 rings (SSSR count). The molecule has 0 spiro atoms. The van der Waals surface area contributed by atoms with Gasteiger partial charge in [0.15, 0.2) is 6.10 Å². The molecule has 1 N–H and O–H groups in total. The molecule has 0 radical (unpaired) electrons. The Labute approximate surface area is 191 Å². The van der Waals surface area contributed by atoms with Crippen LogP contribution in [0, 0.1) is 0 Å². The molecule has 1 aliphatic rings. The Morgan fingerprint density at radius 1 is 1.06 bits per heavy atom. The Balaban J connectivity index is 1.54. The minimum absolute atomic E-state index is 0.199. The van der Waals surface area contributed by atoms with E-state index in [4.69, 9.17) is 4.74 Å². The number of hydrogen-bond acceptors (Lipinski definition) is 5. The number of nitrogens with zero attached hydrogens (tertiary/aromatic N) is 2. The molecule has 0 aliphatic carbocycles. The minimum Gasteiger partial charge on any atom is -0.481 e. The van der Waals surface area contributed by atoms with Gasteiger partial charge in [0, 0.05) is 20.1 Å². The topological polar surface area (TPSA) is 78.9 Å². The molecule has 0 bridgehead atoms. The molecular formula is C24H33N3O4S. The van der Waals surface area contributed by atoms with Crippen LogP contribution < -0.4 is 14.4 Å². The molecule has 32 heavy (non-hydrogen) atoms. The quantitative estimate of drug-likeness (QED) is 0.623. The number of benzene rings is 2. The predicted molar refractivity (Wildman–Crippen MR) is 127 cm³/mol. The molecule has 2 aromatic rings. The fourth-order valence-corrected chi connectivity index (χ4v) is 4.26. The van der Waals surface area contributed by atoms with Gasteiger partial charge in [-0.3, -0.25) is 14.0 Å². The van der Waals surface area contributed by atoms with E-state index in [1.54, 1.807) is 31.2 Å². The van der Waals surface area contributed by atoms with Gasteiger partial charge in [-0.15, -0.1) is 0 Å². The highest BCUT2D eigenvalue weighted by molar-refractivity contribution is 7.92. The zero-order chi connectivity index (χ0) is 23.1. The van der Waals surface area contributed by atoms with Crippen molar-refractivity contribution in [2.45, 2.75) is 45.4 Å². The summed E-state index contributed by atoms with van der Waals surface area (Å²) in [6.07, 6.45) is 4.28. The van der Waals surface area contributed by atoms with Crippen LogP contribution in [0.3, 0.4) is 0 Å². The van der Waals surface area contributed by atoms with Crippen LogP contribution in [0.2, 0.25) is 0 Å². The van der Waals surface area contributed by atoms with Crippen molar-refractivity contribution in [2.24, 2.45) is 0 Å². The number of amides is 1. The molecular weight excluding hydrogens is 426 g/mol. The third-order valence-electron chi connectivity index (χ3n) is 5.79. The Hall–Kier alpha value is -2.58. The first-order valence-corrected chi connectivity index (χ1v) is 12.9. The molecule has 1 saturated heterocycles. The van der Waals surface area contributed by atoms with E-state index in [0.717, 1.165) is 31.5 Å². The molecule has 2 aromatic carbocycles. The van der Waals surface area contributed by atoms with Crippen LogP contribution in [0.4, 0.5) is 5.69 Å². The second kappa shape index (κ2) is 10.8. The van der Waals surface area contributed by atoms with Crippen molar-refractivity contribution in [3.05, 3.63) is 59.7 Å². The lowest BCUT2D eigenvalue weighted by Crippen LogP contribution is -2.36. The zero-order valence-electron chi connectivity index (χ0n) is 19.1. The number of anilines is 1. The summed E-state index contributed by atoms with van der Waals surface area (Å²) in [6, 6.07) is 14.9. The largest absolute Gasteiger partial charge is 0.481 e. The first-order valence-electron chi connectivity index (χ1n) is 11.0. The van der Waals surface area contributed by atoms with E-state index in [0.29, 0.717) is 18.0 Å². The van der Waals surface area contributed by atoms with Gasteiger partial charge in [0.1, 0.15) is 5.75 Å². The van der Waals surface area contributed by atoms with Gasteiger partial charge >= 0.3 is 0 Å².